The van der Waals surface area contributed by atoms with Crippen LogP contribution in [-0.2, 0) is 9.84 Å². The lowest BCUT2D eigenvalue weighted by molar-refractivity contribution is 0.186. The van der Waals surface area contributed by atoms with Gasteiger partial charge in [-0.05, 0) is 17.7 Å². The fraction of sp³-hybridized carbons (Fsp3) is 0.333. The predicted octanol–water partition coefficient (Wildman–Crippen LogP) is -0.336. The first-order valence-electron chi connectivity index (χ1n) is 4.34. The fourth-order valence-corrected chi connectivity index (χ4v) is 2.06. The molecule has 0 aliphatic heterocycles. The van der Waals surface area contributed by atoms with Crippen LogP contribution >= 0.6 is 0 Å². The summed E-state index contributed by atoms with van der Waals surface area (Å²) in [7, 11) is -3.37. The van der Waals surface area contributed by atoms with Crippen molar-refractivity contribution in [1.29, 1.82) is 0 Å². The first-order chi connectivity index (χ1) is 6.86. The van der Waals surface area contributed by atoms with Gasteiger partial charge in [0.2, 0.25) is 0 Å². The average Bonchev–Trinajstić information content (AvgIpc) is 2.15. The van der Waals surface area contributed by atoms with Crippen molar-refractivity contribution in [3.8, 4) is 0 Å². The lowest BCUT2D eigenvalue weighted by atomic mass is 10.1. The van der Waals surface area contributed by atoms with Gasteiger partial charge in [-0.1, -0.05) is 6.07 Å². The van der Waals surface area contributed by atoms with Gasteiger partial charge in [0.15, 0.2) is 9.84 Å². The van der Waals surface area contributed by atoms with Crippen LogP contribution in [0.4, 0.5) is 5.69 Å². The number of sulfone groups is 1. The Morgan fingerprint density at radius 1 is 1.47 bits per heavy atom. The molecule has 1 aromatic rings. The maximum Gasteiger partial charge on any atom is 0.177 e. The molecule has 0 heterocycles. The van der Waals surface area contributed by atoms with Crippen molar-refractivity contribution >= 4 is 15.5 Å². The van der Waals surface area contributed by atoms with Crippen molar-refractivity contribution < 1.29 is 13.5 Å². The minimum absolute atomic E-state index is 0.0208. The van der Waals surface area contributed by atoms with Crippen LogP contribution in [-0.4, -0.2) is 26.3 Å². The van der Waals surface area contributed by atoms with E-state index in [-0.39, 0.29) is 17.1 Å². The van der Waals surface area contributed by atoms with Crippen molar-refractivity contribution in [2.45, 2.75) is 11.0 Å². The standard InChI is InChI=1S/C9H14N2O3S/c1-15(13,14)9-4-6(8(12)5-10)2-3-7(9)11/h2-4,8,12H,5,10-11H2,1H3. The highest BCUT2D eigenvalue weighted by molar-refractivity contribution is 7.90. The summed E-state index contributed by atoms with van der Waals surface area (Å²) in [5.41, 5.74) is 11.4. The first kappa shape index (κ1) is 12.0. The molecule has 0 spiro atoms. The van der Waals surface area contributed by atoms with E-state index in [1.165, 1.54) is 12.1 Å². The Labute approximate surface area is 88.6 Å². The van der Waals surface area contributed by atoms with Crippen molar-refractivity contribution in [3.63, 3.8) is 0 Å². The molecule has 5 N–H and O–H groups in total. The zero-order chi connectivity index (χ0) is 11.6. The van der Waals surface area contributed by atoms with Gasteiger partial charge in [0, 0.05) is 12.8 Å². The largest absolute Gasteiger partial charge is 0.398 e. The van der Waals surface area contributed by atoms with E-state index in [0.29, 0.717) is 5.56 Å². The Hall–Kier alpha value is -1.11. The number of hydrogen-bond acceptors (Lipinski definition) is 5. The van der Waals surface area contributed by atoms with Crippen molar-refractivity contribution in [2.24, 2.45) is 5.73 Å². The van der Waals surface area contributed by atoms with Crippen molar-refractivity contribution in [3.05, 3.63) is 23.8 Å². The first-order valence-corrected chi connectivity index (χ1v) is 6.23. The molecule has 6 heteroatoms. The summed E-state index contributed by atoms with van der Waals surface area (Å²) in [6.45, 7) is 0.0348. The molecule has 5 nitrogen and oxygen atoms in total. The summed E-state index contributed by atoms with van der Waals surface area (Å²) < 4.78 is 22.6. The van der Waals surface area contributed by atoms with E-state index >= 15 is 0 Å². The van der Waals surface area contributed by atoms with Crippen molar-refractivity contribution in [1.82, 2.24) is 0 Å². The molecule has 0 saturated heterocycles. The van der Waals surface area contributed by atoms with Crippen LogP contribution in [0.2, 0.25) is 0 Å². The third-order valence-electron chi connectivity index (χ3n) is 2.05. The van der Waals surface area contributed by atoms with E-state index in [1.807, 2.05) is 0 Å². The van der Waals surface area contributed by atoms with Crippen molar-refractivity contribution in [2.75, 3.05) is 18.5 Å². The van der Waals surface area contributed by atoms with Crippen LogP contribution in [0.15, 0.2) is 23.1 Å². The number of benzene rings is 1. The average molecular weight is 230 g/mol. The third kappa shape index (κ3) is 2.68. The van der Waals surface area contributed by atoms with Crippen LogP contribution in [0.3, 0.4) is 0 Å². The topological polar surface area (TPSA) is 106 Å². The maximum absolute atomic E-state index is 11.3. The van der Waals surface area contributed by atoms with E-state index in [1.54, 1.807) is 6.07 Å². The fourth-order valence-electron chi connectivity index (χ4n) is 1.22. The van der Waals surface area contributed by atoms with E-state index in [0.717, 1.165) is 6.26 Å². The Kier molecular flexibility index (Phi) is 3.33. The summed E-state index contributed by atoms with van der Waals surface area (Å²) in [6.07, 6.45) is 0.197. The van der Waals surface area contributed by atoms with Crippen LogP contribution in [0.1, 0.15) is 11.7 Å². The third-order valence-corrected chi connectivity index (χ3v) is 3.20. The Balaban J connectivity index is 3.29. The van der Waals surface area contributed by atoms with Gasteiger partial charge in [0.1, 0.15) is 0 Å². The van der Waals surface area contributed by atoms with Crippen LogP contribution < -0.4 is 11.5 Å². The zero-order valence-corrected chi connectivity index (χ0v) is 9.16. The molecule has 0 fully saturated rings. The lowest BCUT2D eigenvalue weighted by Gasteiger charge is -2.10. The maximum atomic E-state index is 11.3. The summed E-state index contributed by atoms with van der Waals surface area (Å²) in [6, 6.07) is 4.36. The Morgan fingerprint density at radius 3 is 2.53 bits per heavy atom. The SMILES string of the molecule is CS(=O)(=O)c1cc(C(O)CN)ccc1N. The smallest absolute Gasteiger partial charge is 0.177 e. The van der Waals surface area contributed by atoms with Gasteiger partial charge in [-0.3, -0.25) is 0 Å². The molecular weight excluding hydrogens is 216 g/mol. The number of nitrogen functional groups attached to an aromatic ring is 1. The molecule has 0 saturated carbocycles. The van der Waals surface area contributed by atoms with Crippen LogP contribution in [0.5, 0.6) is 0 Å². The summed E-state index contributed by atoms with van der Waals surface area (Å²) in [4.78, 5) is 0.0208. The Bertz CT molecular complexity index is 456. The molecule has 0 bridgehead atoms. The van der Waals surface area contributed by atoms with Gasteiger partial charge in [-0.15, -0.1) is 0 Å². The van der Waals surface area contributed by atoms with E-state index in [9.17, 15) is 13.5 Å². The minimum Gasteiger partial charge on any atom is -0.398 e. The highest BCUT2D eigenvalue weighted by Crippen LogP contribution is 2.22. The second-order valence-corrected chi connectivity index (χ2v) is 5.31. The molecule has 0 radical (unpaired) electrons. The second-order valence-electron chi connectivity index (χ2n) is 3.32. The van der Waals surface area contributed by atoms with E-state index in [4.69, 9.17) is 11.5 Å². The molecule has 1 rings (SSSR count). The zero-order valence-electron chi connectivity index (χ0n) is 8.34. The summed E-state index contributed by atoms with van der Waals surface area (Å²) >= 11 is 0. The van der Waals surface area contributed by atoms with Crippen LogP contribution in [0, 0.1) is 0 Å². The minimum atomic E-state index is -3.37. The highest BCUT2D eigenvalue weighted by Gasteiger charge is 2.14. The highest BCUT2D eigenvalue weighted by atomic mass is 32.2. The monoisotopic (exact) mass is 230 g/mol. The number of nitrogens with two attached hydrogens (primary N) is 2. The van der Waals surface area contributed by atoms with Gasteiger partial charge in [-0.25, -0.2) is 8.42 Å². The molecule has 1 aromatic carbocycles. The second kappa shape index (κ2) is 4.18. The summed E-state index contributed by atoms with van der Waals surface area (Å²) in [5.74, 6) is 0. The molecule has 0 aliphatic rings. The number of anilines is 1. The molecule has 15 heavy (non-hydrogen) atoms. The van der Waals surface area contributed by atoms with Gasteiger partial charge in [0.05, 0.1) is 16.7 Å². The van der Waals surface area contributed by atoms with E-state index < -0.39 is 15.9 Å². The van der Waals surface area contributed by atoms with Gasteiger partial charge < -0.3 is 16.6 Å². The molecular formula is C9H14N2O3S. The number of aliphatic hydroxyl groups excluding tert-OH is 1. The number of rotatable bonds is 3. The quantitative estimate of drug-likeness (QED) is 0.616. The molecule has 1 unspecified atom stereocenters. The number of aliphatic hydroxyl groups is 1. The molecule has 84 valence electrons. The van der Waals surface area contributed by atoms with Crippen LogP contribution in [0.25, 0.3) is 0 Å². The molecule has 0 amide bonds. The molecule has 0 aromatic heterocycles. The molecule has 1 atom stereocenters. The molecule has 0 aliphatic carbocycles. The number of hydrogen-bond donors (Lipinski definition) is 3. The van der Waals surface area contributed by atoms with Gasteiger partial charge in [-0.2, -0.15) is 0 Å². The predicted molar refractivity (Wildman–Crippen MR) is 58.0 cm³/mol. The Morgan fingerprint density at radius 2 is 2.07 bits per heavy atom. The van der Waals surface area contributed by atoms with Gasteiger partial charge >= 0.3 is 0 Å². The van der Waals surface area contributed by atoms with Gasteiger partial charge in [0.25, 0.3) is 0 Å². The lowest BCUT2D eigenvalue weighted by Crippen LogP contribution is -2.12. The normalized spacial score (nSPS) is 13.8. The summed E-state index contributed by atoms with van der Waals surface area (Å²) in [5, 5.41) is 9.45. The van der Waals surface area contributed by atoms with E-state index in [2.05, 4.69) is 0 Å².